The number of hydrogen-bond donors (Lipinski definition) is 1. The highest BCUT2D eigenvalue weighted by molar-refractivity contribution is 5.91. The Bertz CT molecular complexity index is 456. The van der Waals surface area contributed by atoms with Crippen molar-refractivity contribution in [2.45, 2.75) is 13.3 Å². The van der Waals surface area contributed by atoms with Crippen molar-refractivity contribution >= 4 is 11.7 Å². The summed E-state index contributed by atoms with van der Waals surface area (Å²) >= 11 is 0. The Hall–Kier alpha value is -1.62. The van der Waals surface area contributed by atoms with E-state index >= 15 is 0 Å². The number of carbonyl (C=O) groups excluding carboxylic acids is 1. The number of hydrogen-bond acceptors (Lipinski definition) is 4. The topological polar surface area (TPSA) is 61.6 Å². The molecule has 1 aliphatic heterocycles. The zero-order chi connectivity index (χ0) is 13.1. The summed E-state index contributed by atoms with van der Waals surface area (Å²) in [5.74, 6) is -1.04. The van der Waals surface area contributed by atoms with Gasteiger partial charge in [-0.25, -0.2) is 9.18 Å². The molecule has 1 saturated heterocycles. The first kappa shape index (κ1) is 12.8. The van der Waals surface area contributed by atoms with Crippen molar-refractivity contribution in [1.29, 1.82) is 0 Å². The van der Waals surface area contributed by atoms with Gasteiger partial charge < -0.3 is 15.2 Å². The van der Waals surface area contributed by atoms with Gasteiger partial charge in [-0.3, -0.25) is 0 Å². The number of anilines is 1. The molecule has 2 N–H and O–H groups in total. The standard InChI is InChI=1S/C13H16FNO3/c1-8-4-10(15)5-11(12(8)14)13(16)18-7-9-2-3-17-6-9/h4-5,9H,2-3,6-7,15H2,1H3. The molecule has 0 aromatic heterocycles. The molecule has 1 unspecified atom stereocenters. The third kappa shape index (κ3) is 2.79. The summed E-state index contributed by atoms with van der Waals surface area (Å²) in [6.45, 7) is 3.10. The number of esters is 1. The van der Waals surface area contributed by atoms with Gasteiger partial charge in [-0.1, -0.05) is 0 Å². The monoisotopic (exact) mass is 253 g/mol. The van der Waals surface area contributed by atoms with Crippen LogP contribution in [-0.2, 0) is 9.47 Å². The van der Waals surface area contributed by atoms with Crippen molar-refractivity contribution in [2.75, 3.05) is 25.6 Å². The maximum Gasteiger partial charge on any atom is 0.341 e. The molecule has 0 amide bonds. The van der Waals surface area contributed by atoms with Crippen LogP contribution >= 0.6 is 0 Å². The van der Waals surface area contributed by atoms with E-state index in [2.05, 4.69) is 0 Å². The van der Waals surface area contributed by atoms with E-state index in [0.717, 1.165) is 6.42 Å². The molecule has 4 nitrogen and oxygen atoms in total. The van der Waals surface area contributed by atoms with Crippen LogP contribution in [0.1, 0.15) is 22.3 Å². The molecular formula is C13H16FNO3. The minimum Gasteiger partial charge on any atom is -0.462 e. The van der Waals surface area contributed by atoms with Crippen LogP contribution in [0.25, 0.3) is 0 Å². The van der Waals surface area contributed by atoms with Gasteiger partial charge in [0.05, 0.1) is 18.8 Å². The number of ether oxygens (including phenoxy) is 2. The molecule has 98 valence electrons. The third-order valence-corrected chi connectivity index (χ3v) is 2.97. The van der Waals surface area contributed by atoms with Crippen LogP contribution in [-0.4, -0.2) is 25.8 Å². The quantitative estimate of drug-likeness (QED) is 0.660. The predicted octanol–water partition coefficient (Wildman–Crippen LogP) is 1.91. The molecule has 0 aliphatic carbocycles. The zero-order valence-corrected chi connectivity index (χ0v) is 10.2. The first-order chi connectivity index (χ1) is 8.58. The number of carbonyl (C=O) groups is 1. The second kappa shape index (κ2) is 5.35. The van der Waals surface area contributed by atoms with E-state index in [0.29, 0.717) is 24.5 Å². The SMILES string of the molecule is Cc1cc(N)cc(C(=O)OCC2CCOC2)c1F. The highest BCUT2D eigenvalue weighted by atomic mass is 19.1. The Morgan fingerprint density at radius 3 is 3.06 bits per heavy atom. The first-order valence-electron chi connectivity index (χ1n) is 5.88. The van der Waals surface area contributed by atoms with Crippen LogP contribution < -0.4 is 5.73 Å². The number of halogens is 1. The fourth-order valence-electron chi connectivity index (χ4n) is 1.93. The van der Waals surface area contributed by atoms with Crippen LogP contribution in [0.2, 0.25) is 0 Å². The number of nitrogens with two attached hydrogens (primary N) is 1. The molecule has 1 fully saturated rings. The summed E-state index contributed by atoms with van der Waals surface area (Å²) in [4.78, 5) is 11.8. The minimum atomic E-state index is -0.671. The van der Waals surface area contributed by atoms with E-state index in [-0.39, 0.29) is 18.1 Å². The van der Waals surface area contributed by atoms with Crippen LogP contribution in [0.3, 0.4) is 0 Å². The summed E-state index contributed by atoms with van der Waals surface area (Å²) in [5, 5.41) is 0. The van der Waals surface area contributed by atoms with Crippen LogP contribution in [0.5, 0.6) is 0 Å². The number of benzene rings is 1. The summed E-state index contributed by atoms with van der Waals surface area (Å²) in [6, 6.07) is 2.78. The smallest absolute Gasteiger partial charge is 0.341 e. The number of rotatable bonds is 3. The van der Waals surface area contributed by atoms with Crippen molar-refractivity contribution < 1.29 is 18.7 Å². The molecule has 1 aromatic rings. The Morgan fingerprint density at radius 2 is 2.39 bits per heavy atom. The zero-order valence-electron chi connectivity index (χ0n) is 10.2. The van der Waals surface area contributed by atoms with Gasteiger partial charge in [-0.2, -0.15) is 0 Å². The lowest BCUT2D eigenvalue weighted by atomic mass is 10.1. The highest BCUT2D eigenvalue weighted by Crippen LogP contribution is 2.19. The van der Waals surface area contributed by atoms with Crippen molar-refractivity contribution in [3.8, 4) is 0 Å². The number of aryl methyl sites for hydroxylation is 1. The highest BCUT2D eigenvalue weighted by Gasteiger charge is 2.20. The minimum absolute atomic E-state index is 0.105. The van der Waals surface area contributed by atoms with E-state index in [9.17, 15) is 9.18 Å². The molecule has 5 heteroatoms. The van der Waals surface area contributed by atoms with Gasteiger partial charge in [0.1, 0.15) is 5.82 Å². The molecule has 2 rings (SSSR count). The van der Waals surface area contributed by atoms with Gasteiger partial charge in [-0.15, -0.1) is 0 Å². The van der Waals surface area contributed by atoms with Gasteiger partial charge in [0.25, 0.3) is 0 Å². The normalized spacial score (nSPS) is 18.9. The maximum absolute atomic E-state index is 13.8. The van der Waals surface area contributed by atoms with Crippen molar-refractivity contribution in [1.82, 2.24) is 0 Å². The lowest BCUT2D eigenvalue weighted by molar-refractivity contribution is 0.0423. The lowest BCUT2D eigenvalue weighted by Crippen LogP contribution is -2.16. The van der Waals surface area contributed by atoms with Crippen LogP contribution in [0.15, 0.2) is 12.1 Å². The lowest BCUT2D eigenvalue weighted by Gasteiger charge is -2.10. The molecule has 18 heavy (non-hydrogen) atoms. The van der Waals surface area contributed by atoms with Crippen molar-refractivity contribution in [3.05, 3.63) is 29.1 Å². The van der Waals surface area contributed by atoms with Gasteiger partial charge in [0.15, 0.2) is 0 Å². The van der Waals surface area contributed by atoms with E-state index in [1.54, 1.807) is 6.92 Å². The summed E-state index contributed by atoms with van der Waals surface area (Å²) in [6.07, 6.45) is 0.867. The molecular weight excluding hydrogens is 237 g/mol. The second-order valence-electron chi connectivity index (χ2n) is 4.53. The molecule has 0 saturated carbocycles. The predicted molar refractivity (Wildman–Crippen MR) is 64.8 cm³/mol. The average molecular weight is 253 g/mol. The molecule has 1 atom stereocenters. The number of nitrogen functional groups attached to an aromatic ring is 1. The Balaban J connectivity index is 2.04. The summed E-state index contributed by atoms with van der Waals surface area (Å²) in [7, 11) is 0. The molecule has 0 spiro atoms. The molecule has 1 aromatic carbocycles. The van der Waals surface area contributed by atoms with Gasteiger partial charge in [0.2, 0.25) is 0 Å². The van der Waals surface area contributed by atoms with Gasteiger partial charge in [-0.05, 0) is 31.0 Å². The largest absolute Gasteiger partial charge is 0.462 e. The van der Waals surface area contributed by atoms with Gasteiger partial charge >= 0.3 is 5.97 Å². The fourth-order valence-corrected chi connectivity index (χ4v) is 1.93. The molecule has 0 radical (unpaired) electrons. The summed E-state index contributed by atoms with van der Waals surface area (Å²) < 4.78 is 24.0. The molecule has 1 heterocycles. The maximum atomic E-state index is 13.8. The Labute approximate surface area is 105 Å². The Morgan fingerprint density at radius 1 is 1.61 bits per heavy atom. The molecule has 0 bridgehead atoms. The average Bonchev–Trinajstić information content (AvgIpc) is 2.83. The second-order valence-corrected chi connectivity index (χ2v) is 4.53. The van der Waals surface area contributed by atoms with Crippen LogP contribution in [0.4, 0.5) is 10.1 Å². The van der Waals surface area contributed by atoms with Gasteiger partial charge in [0, 0.05) is 18.2 Å². The first-order valence-corrected chi connectivity index (χ1v) is 5.88. The Kier molecular flexibility index (Phi) is 3.81. The van der Waals surface area contributed by atoms with Crippen molar-refractivity contribution in [3.63, 3.8) is 0 Å². The van der Waals surface area contributed by atoms with E-state index in [1.165, 1.54) is 12.1 Å². The van der Waals surface area contributed by atoms with E-state index < -0.39 is 11.8 Å². The summed E-state index contributed by atoms with van der Waals surface area (Å²) in [5.41, 5.74) is 6.18. The third-order valence-electron chi connectivity index (χ3n) is 2.97. The van der Waals surface area contributed by atoms with Crippen molar-refractivity contribution in [2.24, 2.45) is 5.92 Å². The van der Waals surface area contributed by atoms with E-state index in [4.69, 9.17) is 15.2 Å². The van der Waals surface area contributed by atoms with E-state index in [1.807, 2.05) is 0 Å². The fraction of sp³-hybridized carbons (Fsp3) is 0.462. The molecule has 1 aliphatic rings. The van der Waals surface area contributed by atoms with Crippen LogP contribution in [0, 0.1) is 18.7 Å².